The molecule has 2 aliphatic rings. The second-order valence-electron chi connectivity index (χ2n) is 14.8. The van der Waals surface area contributed by atoms with Crippen molar-refractivity contribution in [3.05, 3.63) is 229 Å². The largest absolute Gasteiger partial charge is 0.369 e. The fraction of sp³-hybridized carbons (Fsp3) is 0.0377. The van der Waals surface area contributed by atoms with Crippen LogP contribution in [0.4, 0.5) is 15.8 Å². The molecule has 0 saturated heterocycles. The Morgan fingerprint density at radius 2 is 1.29 bits per heavy atom. The molecule has 10 rings (SSSR count). The molecule has 1 aliphatic carbocycles. The van der Waals surface area contributed by atoms with Crippen molar-refractivity contribution < 1.29 is 4.39 Å². The number of rotatable bonds is 7. The quantitative estimate of drug-likeness (QED) is 0.100. The number of hydrogen-bond acceptors (Lipinski definition) is 2. The number of nitrogens with two attached hydrogens (primary N) is 1. The van der Waals surface area contributed by atoms with E-state index in [2.05, 4.69) is 150 Å². The zero-order valence-corrected chi connectivity index (χ0v) is 31.7. The maximum absolute atomic E-state index is 15.0. The molecule has 0 radical (unpaired) electrons. The van der Waals surface area contributed by atoms with Crippen LogP contribution in [0, 0.1) is 5.82 Å². The third kappa shape index (κ3) is 6.23. The summed E-state index contributed by atoms with van der Waals surface area (Å²) in [4.78, 5) is 7.12. The predicted octanol–water partition coefficient (Wildman–Crippen LogP) is 12.9. The molecule has 1 aliphatic heterocycles. The monoisotopic (exact) mass is 750 g/mol. The molecule has 278 valence electrons. The lowest BCUT2D eigenvalue weighted by molar-refractivity contribution is 0.628. The summed E-state index contributed by atoms with van der Waals surface area (Å²) in [5.74, 6) is 0.219. The summed E-state index contributed by atoms with van der Waals surface area (Å²) >= 11 is 0. The first-order valence-corrected chi connectivity index (χ1v) is 19.5. The highest BCUT2D eigenvalue weighted by atomic mass is 19.1. The van der Waals surface area contributed by atoms with Gasteiger partial charge in [0.05, 0.1) is 17.1 Å². The van der Waals surface area contributed by atoms with E-state index in [1.54, 1.807) is 18.3 Å². The molecule has 1 aromatic heterocycles. The predicted molar refractivity (Wildman–Crippen MR) is 241 cm³/mol. The number of aliphatic imine (C=N–C) groups is 1. The lowest BCUT2D eigenvalue weighted by Gasteiger charge is -2.29. The van der Waals surface area contributed by atoms with Crippen LogP contribution in [0.5, 0.6) is 0 Å². The van der Waals surface area contributed by atoms with Crippen molar-refractivity contribution in [3.8, 4) is 22.3 Å². The number of hydrogen-bond donors (Lipinski definition) is 1. The van der Waals surface area contributed by atoms with Gasteiger partial charge in [-0.3, -0.25) is 4.57 Å². The summed E-state index contributed by atoms with van der Waals surface area (Å²) in [5, 5.41) is 2.19. The SMILES string of the molecule is C=C(/C=C\N=C(/N)n1c2ccccc2c2cc(C3=CC4c5ccccc5N(c5ccccc5)C4C=C3)ccc21)c1cc(F)cc(-c2ccc(-c3ccccc3)cc2)c1. The van der Waals surface area contributed by atoms with Gasteiger partial charge in [-0.15, -0.1) is 0 Å². The van der Waals surface area contributed by atoms with Gasteiger partial charge in [-0.2, -0.15) is 0 Å². The summed E-state index contributed by atoms with van der Waals surface area (Å²) < 4.78 is 17.0. The first kappa shape index (κ1) is 35.0. The lowest BCUT2D eigenvalue weighted by Crippen LogP contribution is -2.28. The molecule has 0 bridgehead atoms. The zero-order chi connectivity index (χ0) is 39.2. The summed E-state index contributed by atoms with van der Waals surface area (Å²) in [7, 11) is 0. The van der Waals surface area contributed by atoms with E-state index < -0.39 is 0 Å². The molecule has 58 heavy (non-hydrogen) atoms. The van der Waals surface area contributed by atoms with Crippen LogP contribution in [0.15, 0.2) is 212 Å². The van der Waals surface area contributed by atoms with Crippen molar-refractivity contribution in [1.82, 2.24) is 4.57 Å². The Labute approximate surface area is 337 Å². The van der Waals surface area contributed by atoms with Gasteiger partial charge in [0.15, 0.2) is 0 Å². The van der Waals surface area contributed by atoms with Crippen LogP contribution in [0.1, 0.15) is 22.6 Å². The number of halogens is 1. The standard InChI is InChI=1S/C53H39FN4/c1-35(41-30-42(32-43(54)31-41)38-22-20-37(21-23-38)36-12-4-2-5-13-36)28-29-56-53(55)58-50-19-11-9-17-46(50)48-34-40(25-27-52(48)58)39-24-26-51-47(33-39)45-16-8-10-18-49(45)57(51)44-14-6-3-7-15-44/h2-34,47,51H,1H2,(H2,55,56)/b29-28-. The van der Waals surface area contributed by atoms with E-state index in [1.807, 2.05) is 47.0 Å². The van der Waals surface area contributed by atoms with Crippen LogP contribution in [0.25, 0.3) is 55.2 Å². The number of allylic oxidation sites excluding steroid dienone is 4. The molecule has 7 aromatic carbocycles. The highest BCUT2D eigenvalue weighted by Gasteiger charge is 2.38. The molecule has 0 spiro atoms. The number of nitrogens with zero attached hydrogens (tertiary/aromatic N) is 3. The minimum atomic E-state index is -0.330. The minimum Gasteiger partial charge on any atom is -0.369 e. The first-order chi connectivity index (χ1) is 28.5. The van der Waals surface area contributed by atoms with Gasteiger partial charge in [-0.1, -0.05) is 140 Å². The summed E-state index contributed by atoms with van der Waals surface area (Å²) in [6.07, 6.45) is 10.4. The van der Waals surface area contributed by atoms with Crippen LogP contribution >= 0.6 is 0 Å². The van der Waals surface area contributed by atoms with Crippen molar-refractivity contribution in [1.29, 1.82) is 0 Å². The Bertz CT molecular complexity index is 2990. The Morgan fingerprint density at radius 3 is 2.10 bits per heavy atom. The van der Waals surface area contributed by atoms with Crippen LogP contribution in [0.3, 0.4) is 0 Å². The van der Waals surface area contributed by atoms with Crippen molar-refractivity contribution in [3.63, 3.8) is 0 Å². The van der Waals surface area contributed by atoms with Gasteiger partial charge in [0.2, 0.25) is 5.96 Å². The average molecular weight is 751 g/mol. The van der Waals surface area contributed by atoms with Gasteiger partial charge in [0.25, 0.3) is 0 Å². The zero-order valence-electron chi connectivity index (χ0n) is 31.7. The number of para-hydroxylation sites is 3. The molecule has 4 nitrogen and oxygen atoms in total. The molecular formula is C53H39FN4. The third-order valence-corrected chi connectivity index (χ3v) is 11.4. The number of fused-ring (bicyclic) bond motifs is 6. The number of benzene rings is 7. The van der Waals surface area contributed by atoms with Crippen molar-refractivity contribution in [2.24, 2.45) is 10.7 Å². The van der Waals surface area contributed by atoms with E-state index in [1.165, 1.54) is 28.6 Å². The van der Waals surface area contributed by atoms with E-state index in [-0.39, 0.29) is 17.8 Å². The molecule has 0 fully saturated rings. The first-order valence-electron chi connectivity index (χ1n) is 19.5. The van der Waals surface area contributed by atoms with E-state index in [0.717, 1.165) is 49.6 Å². The van der Waals surface area contributed by atoms with Crippen molar-refractivity contribution in [2.75, 3.05) is 4.90 Å². The van der Waals surface area contributed by atoms with Crippen LogP contribution in [-0.2, 0) is 0 Å². The molecule has 0 saturated carbocycles. The van der Waals surface area contributed by atoms with Gasteiger partial charge in [0.1, 0.15) is 5.82 Å². The Hall–Kier alpha value is -7.50. The molecule has 8 aromatic rings. The highest BCUT2D eigenvalue weighted by molar-refractivity contribution is 6.14. The topological polar surface area (TPSA) is 46.5 Å². The molecule has 2 unspecified atom stereocenters. The molecule has 5 heteroatoms. The van der Waals surface area contributed by atoms with Gasteiger partial charge >= 0.3 is 0 Å². The van der Waals surface area contributed by atoms with E-state index >= 15 is 0 Å². The normalized spacial score (nSPS) is 16.2. The van der Waals surface area contributed by atoms with E-state index in [0.29, 0.717) is 17.1 Å². The molecule has 2 atom stereocenters. The smallest absolute Gasteiger partial charge is 0.205 e. The van der Waals surface area contributed by atoms with Crippen LogP contribution in [0.2, 0.25) is 0 Å². The van der Waals surface area contributed by atoms with Crippen molar-refractivity contribution >= 4 is 50.3 Å². The summed E-state index contributed by atoms with van der Waals surface area (Å²) in [6.45, 7) is 4.24. The van der Waals surface area contributed by atoms with E-state index in [4.69, 9.17) is 5.73 Å². The number of anilines is 2. The molecule has 0 amide bonds. The van der Waals surface area contributed by atoms with Crippen LogP contribution in [-0.4, -0.2) is 16.6 Å². The summed E-state index contributed by atoms with van der Waals surface area (Å²) in [6, 6.07) is 57.8. The van der Waals surface area contributed by atoms with Crippen molar-refractivity contribution in [2.45, 2.75) is 12.0 Å². The average Bonchev–Trinajstić information content (AvgIpc) is 3.79. The molecule has 2 heterocycles. The van der Waals surface area contributed by atoms with E-state index in [9.17, 15) is 4.39 Å². The number of aromatic nitrogens is 1. The Morgan fingerprint density at radius 1 is 0.638 bits per heavy atom. The fourth-order valence-corrected chi connectivity index (χ4v) is 8.62. The lowest BCUT2D eigenvalue weighted by atomic mass is 9.86. The van der Waals surface area contributed by atoms with Gasteiger partial charge in [-0.25, -0.2) is 9.38 Å². The maximum atomic E-state index is 15.0. The second-order valence-corrected chi connectivity index (χ2v) is 14.8. The second kappa shape index (κ2) is 14.5. The van der Waals surface area contributed by atoms with Gasteiger partial charge in [-0.05, 0) is 111 Å². The van der Waals surface area contributed by atoms with Crippen LogP contribution < -0.4 is 10.6 Å². The Balaban J connectivity index is 0.929. The molecule has 2 N–H and O–H groups in total. The fourth-order valence-electron chi connectivity index (χ4n) is 8.62. The molecular weight excluding hydrogens is 712 g/mol. The highest BCUT2D eigenvalue weighted by Crippen LogP contribution is 2.49. The van der Waals surface area contributed by atoms with Gasteiger partial charge in [0, 0.05) is 34.3 Å². The summed E-state index contributed by atoms with van der Waals surface area (Å²) in [5.41, 5.74) is 20.1. The Kier molecular flexibility index (Phi) is 8.76. The maximum Gasteiger partial charge on any atom is 0.205 e. The van der Waals surface area contributed by atoms with Gasteiger partial charge < -0.3 is 10.6 Å². The third-order valence-electron chi connectivity index (χ3n) is 11.4. The minimum absolute atomic E-state index is 0.204.